The number of nitrogens with zero attached hydrogens (tertiary/aromatic N) is 1. The first-order valence-corrected chi connectivity index (χ1v) is 10.9. The molecule has 8 heteroatoms. The highest BCUT2D eigenvalue weighted by Crippen LogP contribution is 2.23. The van der Waals surface area contributed by atoms with E-state index in [2.05, 4.69) is 0 Å². The van der Waals surface area contributed by atoms with E-state index in [9.17, 15) is 18.8 Å². The molecule has 33 heavy (non-hydrogen) atoms. The Balaban J connectivity index is 1.52. The number of carbonyl (C=O) groups is 3. The number of methoxy groups -OCH3 is 1. The van der Waals surface area contributed by atoms with Crippen LogP contribution >= 0.6 is 0 Å². The van der Waals surface area contributed by atoms with E-state index in [4.69, 9.17) is 14.2 Å². The van der Waals surface area contributed by atoms with Gasteiger partial charge in [-0.05, 0) is 75.6 Å². The van der Waals surface area contributed by atoms with Crippen molar-refractivity contribution < 1.29 is 33.0 Å². The molecule has 0 aliphatic carbocycles. The lowest BCUT2D eigenvalue weighted by molar-refractivity contribution is -0.139. The van der Waals surface area contributed by atoms with Crippen LogP contribution in [0.3, 0.4) is 0 Å². The van der Waals surface area contributed by atoms with E-state index in [-0.39, 0.29) is 41.5 Å². The lowest BCUT2D eigenvalue weighted by atomic mass is 9.97. The molecule has 1 aliphatic rings. The van der Waals surface area contributed by atoms with Crippen LogP contribution in [-0.4, -0.2) is 55.0 Å². The van der Waals surface area contributed by atoms with Crippen LogP contribution < -0.4 is 9.47 Å². The maximum atomic E-state index is 13.5. The molecule has 176 valence electrons. The van der Waals surface area contributed by atoms with Gasteiger partial charge in [-0.25, -0.2) is 9.18 Å². The molecule has 2 aromatic rings. The third kappa shape index (κ3) is 6.09. The summed E-state index contributed by atoms with van der Waals surface area (Å²) in [5.41, 5.74) is 0.210. The van der Waals surface area contributed by atoms with Gasteiger partial charge in [-0.2, -0.15) is 0 Å². The lowest BCUT2D eigenvalue weighted by Crippen LogP contribution is -2.49. The largest absolute Gasteiger partial charge is 0.496 e. The molecule has 0 aromatic heterocycles. The van der Waals surface area contributed by atoms with Crippen LogP contribution in [0.15, 0.2) is 42.5 Å². The quantitative estimate of drug-likeness (QED) is 0.440. The van der Waals surface area contributed by atoms with Gasteiger partial charge < -0.3 is 19.1 Å². The Morgan fingerprint density at radius 1 is 1.00 bits per heavy atom. The van der Waals surface area contributed by atoms with Crippen LogP contribution in [0.5, 0.6) is 11.5 Å². The fraction of sp³-hybridized carbons (Fsp3) is 0.400. The summed E-state index contributed by atoms with van der Waals surface area (Å²) in [5.74, 6) is -1.32. The van der Waals surface area contributed by atoms with Crippen molar-refractivity contribution in [1.82, 2.24) is 4.90 Å². The predicted molar refractivity (Wildman–Crippen MR) is 119 cm³/mol. The summed E-state index contributed by atoms with van der Waals surface area (Å²) in [7, 11) is 1.36. The van der Waals surface area contributed by atoms with E-state index in [1.807, 2.05) is 18.7 Å². The molecule has 2 atom stereocenters. The van der Waals surface area contributed by atoms with E-state index in [1.54, 1.807) is 12.1 Å². The van der Waals surface area contributed by atoms with Crippen LogP contribution in [0, 0.1) is 5.82 Å². The fourth-order valence-corrected chi connectivity index (χ4v) is 4.01. The molecule has 1 saturated heterocycles. The number of benzene rings is 2. The first kappa shape index (κ1) is 24.2. The predicted octanol–water partition coefficient (Wildman–Crippen LogP) is 4.04. The average Bonchev–Trinajstić information content (AvgIpc) is 2.81. The molecule has 1 aliphatic heterocycles. The number of esters is 1. The van der Waals surface area contributed by atoms with Gasteiger partial charge in [-0.1, -0.05) is 0 Å². The third-order valence-corrected chi connectivity index (χ3v) is 5.73. The number of amides is 1. The summed E-state index contributed by atoms with van der Waals surface area (Å²) in [6.45, 7) is 3.45. The van der Waals surface area contributed by atoms with Gasteiger partial charge in [0.2, 0.25) is 5.78 Å². The van der Waals surface area contributed by atoms with Crippen molar-refractivity contribution in [2.24, 2.45) is 0 Å². The van der Waals surface area contributed by atoms with E-state index in [0.29, 0.717) is 5.75 Å². The second-order valence-electron chi connectivity index (χ2n) is 8.09. The number of piperidine rings is 1. The second kappa shape index (κ2) is 10.9. The third-order valence-electron chi connectivity index (χ3n) is 5.73. The lowest BCUT2D eigenvalue weighted by Gasteiger charge is -2.38. The summed E-state index contributed by atoms with van der Waals surface area (Å²) >= 11 is 0. The maximum absolute atomic E-state index is 13.5. The van der Waals surface area contributed by atoms with Crippen molar-refractivity contribution in [1.29, 1.82) is 0 Å². The molecule has 2 aromatic carbocycles. The molecule has 0 saturated carbocycles. The van der Waals surface area contributed by atoms with Gasteiger partial charge in [0, 0.05) is 12.1 Å². The highest BCUT2D eigenvalue weighted by Gasteiger charge is 2.29. The molecule has 0 N–H and O–H groups in total. The first-order valence-electron chi connectivity index (χ1n) is 10.9. The molecule has 3 rings (SSSR count). The summed E-state index contributed by atoms with van der Waals surface area (Å²) in [4.78, 5) is 39.0. The molecule has 7 nitrogen and oxygen atoms in total. The number of hydrogen-bond acceptors (Lipinski definition) is 6. The van der Waals surface area contributed by atoms with Crippen molar-refractivity contribution in [2.45, 2.75) is 45.2 Å². The van der Waals surface area contributed by atoms with Crippen LogP contribution in [0.2, 0.25) is 0 Å². The van der Waals surface area contributed by atoms with Crippen molar-refractivity contribution in [3.63, 3.8) is 0 Å². The average molecular weight is 457 g/mol. The summed E-state index contributed by atoms with van der Waals surface area (Å²) in [6, 6.07) is 10.0. The Kier molecular flexibility index (Phi) is 8.03. The SMILES string of the molecule is COc1ccc(F)cc1C(=O)COC(=O)c1ccc(OCC(=O)N2C(C)CCCC2C)cc1. The van der Waals surface area contributed by atoms with Crippen molar-refractivity contribution in [3.05, 3.63) is 59.4 Å². The summed E-state index contributed by atoms with van der Waals surface area (Å²) in [6.07, 6.45) is 3.09. The van der Waals surface area contributed by atoms with E-state index < -0.39 is 24.2 Å². The van der Waals surface area contributed by atoms with E-state index in [0.717, 1.165) is 25.3 Å². The summed E-state index contributed by atoms with van der Waals surface area (Å²) in [5, 5.41) is 0. The Hall–Kier alpha value is -3.42. The van der Waals surface area contributed by atoms with E-state index >= 15 is 0 Å². The number of carbonyl (C=O) groups excluding carboxylic acids is 3. The van der Waals surface area contributed by atoms with Gasteiger partial charge in [-0.3, -0.25) is 9.59 Å². The van der Waals surface area contributed by atoms with Gasteiger partial charge >= 0.3 is 5.97 Å². The minimum absolute atomic E-state index is 0.00365. The minimum atomic E-state index is -0.711. The van der Waals surface area contributed by atoms with E-state index in [1.165, 1.54) is 31.4 Å². The fourth-order valence-electron chi connectivity index (χ4n) is 4.01. The molecule has 0 bridgehead atoms. The molecule has 0 radical (unpaired) electrons. The molecular weight excluding hydrogens is 429 g/mol. The molecular formula is C25H28FNO6. The topological polar surface area (TPSA) is 82.1 Å². The standard InChI is InChI=1S/C25H28FNO6/c1-16-5-4-6-17(2)27(16)24(29)15-32-20-10-7-18(8-11-20)25(30)33-14-22(28)21-13-19(26)9-12-23(21)31-3/h7-13,16-17H,4-6,14-15H2,1-3H3. The Morgan fingerprint density at radius 3 is 2.30 bits per heavy atom. The van der Waals surface area contributed by atoms with Crippen molar-refractivity contribution in [3.8, 4) is 11.5 Å². The Bertz CT molecular complexity index is 996. The van der Waals surface area contributed by atoms with Gasteiger partial charge in [-0.15, -0.1) is 0 Å². The minimum Gasteiger partial charge on any atom is -0.496 e. The van der Waals surface area contributed by atoms with Crippen LogP contribution in [0.1, 0.15) is 53.8 Å². The van der Waals surface area contributed by atoms with Gasteiger partial charge in [0.15, 0.2) is 13.2 Å². The second-order valence-corrected chi connectivity index (χ2v) is 8.09. The van der Waals surface area contributed by atoms with Crippen LogP contribution in [-0.2, 0) is 9.53 Å². The molecule has 0 spiro atoms. The van der Waals surface area contributed by atoms with Gasteiger partial charge in [0.05, 0.1) is 18.2 Å². The monoisotopic (exact) mass is 457 g/mol. The number of likely N-dealkylation sites (tertiary alicyclic amines) is 1. The first-order chi connectivity index (χ1) is 15.8. The highest BCUT2D eigenvalue weighted by atomic mass is 19.1. The number of hydrogen-bond donors (Lipinski definition) is 0. The number of rotatable bonds is 8. The Labute approximate surface area is 192 Å². The molecule has 1 heterocycles. The smallest absolute Gasteiger partial charge is 0.338 e. The van der Waals surface area contributed by atoms with Crippen LogP contribution in [0.4, 0.5) is 4.39 Å². The number of ether oxygens (including phenoxy) is 3. The van der Waals surface area contributed by atoms with Crippen molar-refractivity contribution >= 4 is 17.7 Å². The normalized spacial score (nSPS) is 17.9. The van der Waals surface area contributed by atoms with Gasteiger partial charge in [0.25, 0.3) is 5.91 Å². The zero-order valence-electron chi connectivity index (χ0n) is 19.0. The molecule has 1 fully saturated rings. The number of Topliss-reactive ketones (excluding diaryl/α,β-unsaturated/α-hetero) is 1. The number of ketones is 1. The van der Waals surface area contributed by atoms with Crippen LogP contribution in [0.25, 0.3) is 0 Å². The Morgan fingerprint density at radius 2 is 1.67 bits per heavy atom. The highest BCUT2D eigenvalue weighted by molar-refractivity contribution is 6.01. The molecule has 2 unspecified atom stereocenters. The maximum Gasteiger partial charge on any atom is 0.338 e. The van der Waals surface area contributed by atoms with Gasteiger partial charge in [0.1, 0.15) is 17.3 Å². The molecule has 1 amide bonds. The summed E-state index contributed by atoms with van der Waals surface area (Å²) < 4.78 is 29.2. The zero-order valence-corrected chi connectivity index (χ0v) is 19.0. The van der Waals surface area contributed by atoms with Crippen molar-refractivity contribution in [2.75, 3.05) is 20.3 Å². The zero-order chi connectivity index (χ0) is 24.0. The number of halogens is 1.